The van der Waals surface area contributed by atoms with Crippen LogP contribution in [0, 0.1) is 13.0 Å². The number of aryl methyl sites for hydroxylation is 1. The van der Waals surface area contributed by atoms with Crippen LogP contribution in [-0.4, -0.2) is 44.4 Å². The van der Waals surface area contributed by atoms with Gasteiger partial charge < -0.3 is 9.74 Å². The number of thiazole rings is 1. The minimum absolute atomic E-state index is 0.117. The van der Waals surface area contributed by atoms with Gasteiger partial charge in [-0.05, 0) is 38.0 Å². The lowest BCUT2D eigenvalue weighted by Crippen LogP contribution is -2.39. The van der Waals surface area contributed by atoms with Crippen molar-refractivity contribution in [2.45, 2.75) is 44.8 Å². The summed E-state index contributed by atoms with van der Waals surface area (Å²) in [6.07, 6.45) is 4.08. The number of aromatic nitrogens is 3. The summed E-state index contributed by atoms with van der Waals surface area (Å²) in [4.78, 5) is 25.0. The third kappa shape index (κ3) is 4.42. The topological polar surface area (TPSA) is 72.6 Å². The van der Waals surface area contributed by atoms with Crippen molar-refractivity contribution >= 4 is 34.6 Å². The lowest BCUT2D eigenvalue weighted by molar-refractivity contribution is -0.133. The molecule has 1 unspecified atom stereocenters. The molecule has 0 spiro atoms. The van der Waals surface area contributed by atoms with Crippen LogP contribution >= 0.6 is 22.9 Å². The van der Waals surface area contributed by atoms with Crippen molar-refractivity contribution in [2.75, 3.05) is 13.1 Å². The summed E-state index contributed by atoms with van der Waals surface area (Å²) >= 11 is 7.93. The maximum Gasteiger partial charge on any atom is 0.244 e. The second-order valence-corrected chi connectivity index (χ2v) is 9.45. The molecule has 1 amide bonds. The number of oxime groups is 1. The number of benzene rings is 1. The Morgan fingerprint density at radius 2 is 2.19 bits per heavy atom. The molecule has 2 aliphatic heterocycles. The lowest BCUT2D eigenvalue weighted by Gasteiger charge is -2.31. The van der Waals surface area contributed by atoms with E-state index >= 15 is 0 Å². The summed E-state index contributed by atoms with van der Waals surface area (Å²) < 4.78 is 1.70. The van der Waals surface area contributed by atoms with Gasteiger partial charge in [-0.25, -0.2) is 4.98 Å². The minimum atomic E-state index is -0.225. The second kappa shape index (κ2) is 9.03. The van der Waals surface area contributed by atoms with Crippen LogP contribution in [0.1, 0.15) is 53.2 Å². The van der Waals surface area contributed by atoms with Gasteiger partial charge >= 0.3 is 0 Å². The number of likely N-dealkylation sites (tertiary alicyclic amines) is 1. The lowest BCUT2D eigenvalue weighted by atomic mass is 9.97. The van der Waals surface area contributed by atoms with E-state index in [1.807, 2.05) is 47.7 Å². The average Bonchev–Trinajstić information content (AvgIpc) is 3.55. The van der Waals surface area contributed by atoms with Crippen LogP contribution in [0.3, 0.4) is 0 Å². The van der Waals surface area contributed by atoms with Crippen LogP contribution in [0.4, 0.5) is 0 Å². The second-order valence-electron chi connectivity index (χ2n) is 8.15. The third-order valence-corrected chi connectivity index (χ3v) is 7.25. The highest BCUT2D eigenvalue weighted by molar-refractivity contribution is 7.10. The Bertz CT molecular complexity index is 1150. The molecule has 32 heavy (non-hydrogen) atoms. The maximum absolute atomic E-state index is 12.6. The van der Waals surface area contributed by atoms with Gasteiger partial charge in [0.1, 0.15) is 12.3 Å². The van der Waals surface area contributed by atoms with Gasteiger partial charge in [-0.2, -0.15) is 5.10 Å². The number of carbonyl (C=O) groups excluding carboxylic acids is 1. The third-order valence-electron chi connectivity index (χ3n) is 5.91. The van der Waals surface area contributed by atoms with Gasteiger partial charge in [0, 0.05) is 47.6 Å². The zero-order valence-corrected chi connectivity index (χ0v) is 19.3. The van der Waals surface area contributed by atoms with Crippen molar-refractivity contribution < 1.29 is 9.63 Å². The Kier molecular flexibility index (Phi) is 5.97. The molecule has 4 heterocycles. The van der Waals surface area contributed by atoms with Crippen LogP contribution < -0.4 is 0 Å². The van der Waals surface area contributed by atoms with Crippen LogP contribution in [-0.2, 0) is 16.2 Å². The Morgan fingerprint density at radius 3 is 2.94 bits per heavy atom. The SMILES string of the molecule is Cc1ccn(CC(=O)N2CCC(c3nc(C4=NOC(c5[c]cccc5Cl)C4)cs3)CC2)n1. The summed E-state index contributed by atoms with van der Waals surface area (Å²) in [5, 5.41) is 12.4. The number of nitrogens with zero attached hydrogens (tertiary/aromatic N) is 5. The summed E-state index contributed by atoms with van der Waals surface area (Å²) in [5.41, 5.74) is 3.45. The summed E-state index contributed by atoms with van der Waals surface area (Å²) in [5.74, 6) is 0.478. The van der Waals surface area contributed by atoms with E-state index in [0.717, 1.165) is 53.6 Å². The van der Waals surface area contributed by atoms with Crippen molar-refractivity contribution in [2.24, 2.45) is 5.16 Å². The Morgan fingerprint density at radius 1 is 1.34 bits per heavy atom. The molecule has 0 aliphatic carbocycles. The first kappa shape index (κ1) is 21.2. The predicted octanol–water partition coefficient (Wildman–Crippen LogP) is 4.37. The van der Waals surface area contributed by atoms with E-state index < -0.39 is 0 Å². The highest BCUT2D eigenvalue weighted by Gasteiger charge is 2.29. The number of hydrogen-bond acceptors (Lipinski definition) is 6. The first-order valence-electron chi connectivity index (χ1n) is 10.7. The molecule has 3 aromatic rings. The van der Waals surface area contributed by atoms with Gasteiger partial charge in [0.15, 0.2) is 6.10 Å². The molecule has 1 atom stereocenters. The van der Waals surface area contributed by atoms with Crippen LogP contribution in [0.25, 0.3) is 0 Å². The molecule has 2 aromatic heterocycles. The molecule has 9 heteroatoms. The summed E-state index contributed by atoms with van der Waals surface area (Å²) in [6, 6.07) is 10.6. The fourth-order valence-corrected chi connectivity index (χ4v) is 5.38. The fourth-order valence-electron chi connectivity index (χ4n) is 4.13. The molecule has 1 aromatic carbocycles. The van der Waals surface area contributed by atoms with Crippen LogP contribution in [0.2, 0.25) is 5.02 Å². The first-order chi connectivity index (χ1) is 15.6. The van der Waals surface area contributed by atoms with E-state index in [2.05, 4.69) is 16.3 Å². The normalized spacial score (nSPS) is 19.1. The van der Waals surface area contributed by atoms with E-state index in [1.165, 1.54) is 0 Å². The summed E-state index contributed by atoms with van der Waals surface area (Å²) in [6.45, 7) is 3.71. The number of halogens is 1. The molecule has 7 nitrogen and oxygen atoms in total. The smallest absolute Gasteiger partial charge is 0.244 e. The molecule has 1 saturated heterocycles. The highest BCUT2D eigenvalue weighted by atomic mass is 35.5. The van der Waals surface area contributed by atoms with E-state index in [4.69, 9.17) is 21.4 Å². The standard InChI is InChI=1S/C23H23ClN5O2S/c1-15-6-11-29(26-15)13-22(30)28-9-7-16(8-10-28)23-25-20(14-32-23)19-12-21(31-27-19)17-4-2-3-5-18(17)24/h2-3,5-6,11,14,16,21H,7-10,12-13H2,1H3. The number of carbonyl (C=O) groups is 1. The van der Waals surface area contributed by atoms with Crippen LogP contribution in [0.5, 0.6) is 0 Å². The molecule has 0 N–H and O–H groups in total. The van der Waals surface area contributed by atoms with Crippen molar-refractivity contribution in [3.63, 3.8) is 0 Å². The van der Waals surface area contributed by atoms with E-state index in [1.54, 1.807) is 16.0 Å². The molecule has 0 saturated carbocycles. The fraction of sp³-hybridized carbons (Fsp3) is 0.391. The average molecular weight is 469 g/mol. The van der Waals surface area contributed by atoms with E-state index in [0.29, 0.717) is 23.9 Å². The molecule has 165 valence electrons. The van der Waals surface area contributed by atoms with E-state index in [9.17, 15) is 4.79 Å². The molecule has 5 rings (SSSR count). The molecule has 1 fully saturated rings. The molecule has 1 radical (unpaired) electrons. The number of rotatable bonds is 5. The summed E-state index contributed by atoms with van der Waals surface area (Å²) in [7, 11) is 0. The van der Waals surface area contributed by atoms with Crippen molar-refractivity contribution in [1.29, 1.82) is 0 Å². The molecular weight excluding hydrogens is 446 g/mol. The highest BCUT2D eigenvalue weighted by Crippen LogP contribution is 2.35. The quantitative estimate of drug-likeness (QED) is 0.557. The zero-order chi connectivity index (χ0) is 22.1. The van der Waals surface area contributed by atoms with Gasteiger partial charge in [-0.1, -0.05) is 28.9 Å². The number of amides is 1. The molecular formula is C23H23ClN5O2S. The van der Waals surface area contributed by atoms with Gasteiger partial charge in [-0.15, -0.1) is 11.3 Å². The minimum Gasteiger partial charge on any atom is -0.387 e. The predicted molar refractivity (Wildman–Crippen MR) is 123 cm³/mol. The first-order valence-corrected chi connectivity index (χ1v) is 11.9. The van der Waals surface area contributed by atoms with Crippen molar-refractivity contribution in [1.82, 2.24) is 19.7 Å². The van der Waals surface area contributed by atoms with E-state index in [-0.39, 0.29) is 12.0 Å². The largest absolute Gasteiger partial charge is 0.387 e. The Hall–Kier alpha value is -2.71. The van der Waals surface area contributed by atoms with Gasteiger partial charge in [-0.3, -0.25) is 9.48 Å². The van der Waals surface area contributed by atoms with Crippen molar-refractivity contribution in [3.05, 3.63) is 68.9 Å². The number of piperidine rings is 1. The Balaban J connectivity index is 1.16. The zero-order valence-electron chi connectivity index (χ0n) is 17.7. The Labute approximate surface area is 195 Å². The monoisotopic (exact) mass is 468 g/mol. The number of hydrogen-bond donors (Lipinski definition) is 0. The van der Waals surface area contributed by atoms with Gasteiger partial charge in [0.05, 0.1) is 16.4 Å². The van der Waals surface area contributed by atoms with Crippen LogP contribution in [0.15, 0.2) is 41.0 Å². The van der Waals surface area contributed by atoms with Gasteiger partial charge in [0.25, 0.3) is 0 Å². The van der Waals surface area contributed by atoms with Crippen molar-refractivity contribution in [3.8, 4) is 0 Å². The molecule has 2 aliphatic rings. The van der Waals surface area contributed by atoms with Gasteiger partial charge in [0.2, 0.25) is 5.91 Å². The molecule has 0 bridgehead atoms. The maximum atomic E-state index is 12.6.